The van der Waals surface area contributed by atoms with Crippen molar-refractivity contribution in [1.82, 2.24) is 4.98 Å². The predicted octanol–water partition coefficient (Wildman–Crippen LogP) is 7.69. The fraction of sp³-hybridized carbons (Fsp3) is 0.296. The van der Waals surface area contributed by atoms with Gasteiger partial charge in [-0.1, -0.05) is 50.1 Å². The second-order valence-electron chi connectivity index (χ2n) is 9.30. The summed E-state index contributed by atoms with van der Waals surface area (Å²) in [5.41, 5.74) is 11.5. The Morgan fingerprint density at radius 2 is 1.41 bits per heavy atom. The summed E-state index contributed by atoms with van der Waals surface area (Å²) in [5.74, 6) is 0.888. The molecule has 2 heterocycles. The highest BCUT2D eigenvalue weighted by molar-refractivity contribution is 5.83. The number of nitrogens with zero attached hydrogens (tertiary/aromatic N) is 1. The Bertz CT molecular complexity index is 1200. The Balaban J connectivity index is 1.82. The number of fused-ring (bicyclic) bond motifs is 1. The van der Waals surface area contributed by atoms with E-state index in [2.05, 4.69) is 90.9 Å². The number of rotatable bonds is 2. The van der Waals surface area contributed by atoms with E-state index in [4.69, 9.17) is 9.40 Å². The second-order valence-corrected chi connectivity index (χ2v) is 9.30. The smallest absolute Gasteiger partial charge is 0.153 e. The van der Waals surface area contributed by atoms with E-state index in [1.54, 1.807) is 0 Å². The Labute approximate surface area is 173 Å². The van der Waals surface area contributed by atoms with Gasteiger partial charge in [0, 0.05) is 17.2 Å². The van der Waals surface area contributed by atoms with E-state index >= 15 is 0 Å². The number of pyridine rings is 1. The molecular weight excluding hydrogens is 354 g/mol. The normalized spacial score (nSPS) is 12.0. The standard InChI is InChI=1S/C27H29NO/c1-16-10-18(3)26(19(4)11-16)25-15-23-24(29-25)9-8-22(28-23)20-12-17(2)13-21(14-20)27(5,6)7/h8-15H,1-7H3. The molecule has 4 aromatic rings. The van der Waals surface area contributed by atoms with Crippen LogP contribution < -0.4 is 0 Å². The minimum absolute atomic E-state index is 0.105. The molecule has 29 heavy (non-hydrogen) atoms. The Kier molecular flexibility index (Phi) is 4.61. The van der Waals surface area contributed by atoms with Crippen molar-refractivity contribution in [1.29, 1.82) is 0 Å². The van der Waals surface area contributed by atoms with E-state index in [-0.39, 0.29) is 5.41 Å². The third-order valence-corrected chi connectivity index (χ3v) is 5.54. The van der Waals surface area contributed by atoms with Gasteiger partial charge in [0.2, 0.25) is 0 Å². The van der Waals surface area contributed by atoms with Crippen LogP contribution in [0.4, 0.5) is 0 Å². The quantitative estimate of drug-likeness (QED) is 0.354. The summed E-state index contributed by atoms with van der Waals surface area (Å²) in [6, 6.07) is 17.3. The van der Waals surface area contributed by atoms with Gasteiger partial charge in [0.15, 0.2) is 5.58 Å². The van der Waals surface area contributed by atoms with Crippen molar-refractivity contribution < 1.29 is 4.42 Å². The van der Waals surface area contributed by atoms with E-state index in [1.165, 1.54) is 33.4 Å². The van der Waals surface area contributed by atoms with Crippen LogP contribution in [0.3, 0.4) is 0 Å². The maximum absolute atomic E-state index is 6.19. The van der Waals surface area contributed by atoms with Crippen molar-refractivity contribution in [2.24, 2.45) is 0 Å². The number of aromatic nitrogens is 1. The Hall–Kier alpha value is -2.87. The molecule has 0 bridgehead atoms. The lowest BCUT2D eigenvalue weighted by Gasteiger charge is -2.20. The monoisotopic (exact) mass is 383 g/mol. The van der Waals surface area contributed by atoms with Crippen molar-refractivity contribution in [3.63, 3.8) is 0 Å². The van der Waals surface area contributed by atoms with Crippen LogP contribution in [0.1, 0.15) is 48.6 Å². The molecule has 148 valence electrons. The van der Waals surface area contributed by atoms with Crippen LogP contribution in [0.25, 0.3) is 33.7 Å². The maximum Gasteiger partial charge on any atom is 0.153 e. The van der Waals surface area contributed by atoms with Gasteiger partial charge in [-0.3, -0.25) is 0 Å². The summed E-state index contributed by atoms with van der Waals surface area (Å²) in [6.45, 7) is 15.3. The molecule has 0 saturated heterocycles. The SMILES string of the molecule is Cc1cc(-c2ccc3oc(-c4c(C)cc(C)cc4C)cc3n2)cc(C(C)(C)C)c1. The molecule has 2 heteroatoms. The van der Waals surface area contributed by atoms with Gasteiger partial charge in [0.1, 0.15) is 11.3 Å². The van der Waals surface area contributed by atoms with Gasteiger partial charge in [-0.2, -0.15) is 0 Å². The Morgan fingerprint density at radius 3 is 2.07 bits per heavy atom. The summed E-state index contributed by atoms with van der Waals surface area (Å²) < 4.78 is 6.19. The molecule has 0 atom stereocenters. The van der Waals surface area contributed by atoms with Crippen molar-refractivity contribution in [2.45, 2.75) is 53.9 Å². The molecule has 0 fully saturated rings. The molecule has 0 saturated carbocycles. The third kappa shape index (κ3) is 3.72. The number of hydrogen-bond donors (Lipinski definition) is 0. The van der Waals surface area contributed by atoms with Crippen LogP contribution in [0.2, 0.25) is 0 Å². The lowest BCUT2D eigenvalue weighted by molar-refractivity contribution is 0.590. The molecule has 0 radical (unpaired) electrons. The third-order valence-electron chi connectivity index (χ3n) is 5.54. The van der Waals surface area contributed by atoms with Crippen molar-refractivity contribution in [3.8, 4) is 22.6 Å². The molecule has 0 aliphatic heterocycles. The molecule has 0 unspecified atom stereocenters. The first kappa shape index (κ1) is 19.4. The lowest BCUT2D eigenvalue weighted by Crippen LogP contribution is -2.11. The first-order valence-corrected chi connectivity index (χ1v) is 10.2. The summed E-state index contributed by atoms with van der Waals surface area (Å²) in [7, 11) is 0. The van der Waals surface area contributed by atoms with Crippen molar-refractivity contribution >= 4 is 11.1 Å². The van der Waals surface area contributed by atoms with E-state index < -0.39 is 0 Å². The zero-order chi connectivity index (χ0) is 20.9. The Morgan fingerprint density at radius 1 is 0.759 bits per heavy atom. The van der Waals surface area contributed by atoms with Crippen molar-refractivity contribution in [2.75, 3.05) is 0 Å². The van der Waals surface area contributed by atoms with Crippen LogP contribution in [-0.4, -0.2) is 4.98 Å². The van der Waals surface area contributed by atoms with Gasteiger partial charge in [0.05, 0.1) is 5.69 Å². The zero-order valence-electron chi connectivity index (χ0n) is 18.5. The van der Waals surface area contributed by atoms with E-state index in [1.807, 2.05) is 6.07 Å². The first-order valence-electron chi connectivity index (χ1n) is 10.2. The molecule has 2 nitrogen and oxygen atoms in total. The van der Waals surface area contributed by atoms with Crippen LogP contribution in [0.15, 0.2) is 52.9 Å². The van der Waals surface area contributed by atoms with E-state index in [9.17, 15) is 0 Å². The fourth-order valence-corrected chi connectivity index (χ4v) is 4.14. The average Bonchev–Trinajstić information content (AvgIpc) is 3.02. The van der Waals surface area contributed by atoms with Gasteiger partial charge >= 0.3 is 0 Å². The summed E-state index contributed by atoms with van der Waals surface area (Å²) in [5, 5.41) is 0. The molecular formula is C27H29NO. The summed E-state index contributed by atoms with van der Waals surface area (Å²) in [6.07, 6.45) is 0. The van der Waals surface area contributed by atoms with Crippen LogP contribution in [0.5, 0.6) is 0 Å². The summed E-state index contributed by atoms with van der Waals surface area (Å²) in [4.78, 5) is 4.94. The molecule has 4 rings (SSSR count). The highest BCUT2D eigenvalue weighted by Gasteiger charge is 2.17. The topological polar surface area (TPSA) is 26.0 Å². The number of aryl methyl sites for hydroxylation is 4. The maximum atomic E-state index is 6.19. The zero-order valence-corrected chi connectivity index (χ0v) is 18.5. The lowest BCUT2D eigenvalue weighted by atomic mass is 9.85. The van der Waals surface area contributed by atoms with Gasteiger partial charge in [-0.05, 0) is 74.1 Å². The first-order chi connectivity index (χ1) is 13.6. The highest BCUT2D eigenvalue weighted by Crippen LogP contribution is 2.34. The predicted molar refractivity (Wildman–Crippen MR) is 123 cm³/mol. The minimum atomic E-state index is 0.105. The number of furan rings is 1. The van der Waals surface area contributed by atoms with E-state index in [0.29, 0.717) is 0 Å². The fourth-order valence-electron chi connectivity index (χ4n) is 4.14. The van der Waals surface area contributed by atoms with Gasteiger partial charge in [-0.15, -0.1) is 0 Å². The molecule has 0 aliphatic carbocycles. The minimum Gasteiger partial charge on any atom is -0.454 e. The van der Waals surface area contributed by atoms with Crippen molar-refractivity contribution in [3.05, 3.63) is 76.3 Å². The van der Waals surface area contributed by atoms with Gasteiger partial charge in [-0.25, -0.2) is 4.98 Å². The molecule has 2 aromatic carbocycles. The molecule has 0 spiro atoms. The number of hydrogen-bond acceptors (Lipinski definition) is 2. The van der Waals surface area contributed by atoms with Crippen LogP contribution in [-0.2, 0) is 5.41 Å². The van der Waals surface area contributed by atoms with Crippen LogP contribution >= 0.6 is 0 Å². The number of benzene rings is 2. The molecule has 2 aromatic heterocycles. The van der Waals surface area contributed by atoms with E-state index in [0.717, 1.165) is 28.1 Å². The summed E-state index contributed by atoms with van der Waals surface area (Å²) >= 11 is 0. The molecule has 0 amide bonds. The second kappa shape index (κ2) is 6.88. The van der Waals surface area contributed by atoms with Gasteiger partial charge < -0.3 is 4.42 Å². The van der Waals surface area contributed by atoms with Crippen LogP contribution in [0, 0.1) is 27.7 Å². The largest absolute Gasteiger partial charge is 0.454 e. The molecule has 0 aliphatic rings. The van der Waals surface area contributed by atoms with Gasteiger partial charge in [0.25, 0.3) is 0 Å². The highest BCUT2D eigenvalue weighted by atomic mass is 16.3. The molecule has 0 N–H and O–H groups in total. The average molecular weight is 384 g/mol.